The van der Waals surface area contributed by atoms with E-state index in [0.29, 0.717) is 17.1 Å². The van der Waals surface area contributed by atoms with Gasteiger partial charge < -0.3 is 15.2 Å². The topological polar surface area (TPSA) is 44.5 Å². The monoisotopic (exact) mass is 231 g/mol. The number of benzene rings is 1. The molecule has 16 heavy (non-hydrogen) atoms. The zero-order valence-corrected chi connectivity index (χ0v) is 9.24. The molecule has 1 aromatic rings. The number of halogens is 2. The van der Waals surface area contributed by atoms with Gasteiger partial charge in [0.1, 0.15) is 11.5 Å². The van der Waals surface area contributed by atoms with Gasteiger partial charge in [0, 0.05) is 12.5 Å². The molecule has 1 rings (SSSR count). The van der Waals surface area contributed by atoms with Crippen LogP contribution in [0.3, 0.4) is 0 Å². The highest BCUT2D eigenvalue weighted by atomic mass is 19.3. The average Bonchev–Trinajstić information content (AvgIpc) is 2.26. The summed E-state index contributed by atoms with van der Waals surface area (Å²) >= 11 is 0. The number of rotatable bonds is 5. The smallest absolute Gasteiger partial charge is 0.240 e. The van der Waals surface area contributed by atoms with Crippen molar-refractivity contribution in [1.82, 2.24) is 0 Å². The maximum Gasteiger partial charge on any atom is 0.240 e. The third kappa shape index (κ3) is 2.82. The second-order valence-corrected chi connectivity index (χ2v) is 3.31. The quantitative estimate of drug-likeness (QED) is 0.846. The molecule has 5 heteroatoms. The molecule has 0 fully saturated rings. The average molecular weight is 231 g/mol. The first kappa shape index (κ1) is 12.7. The molecule has 0 spiro atoms. The van der Waals surface area contributed by atoms with Crippen molar-refractivity contribution in [2.45, 2.75) is 18.9 Å². The second kappa shape index (κ2) is 5.65. The molecule has 0 aliphatic rings. The van der Waals surface area contributed by atoms with Crippen molar-refractivity contribution in [3.63, 3.8) is 0 Å². The zero-order valence-electron chi connectivity index (χ0n) is 9.24. The van der Waals surface area contributed by atoms with E-state index in [2.05, 4.69) is 0 Å². The van der Waals surface area contributed by atoms with Gasteiger partial charge in [-0.05, 0) is 12.1 Å². The van der Waals surface area contributed by atoms with Gasteiger partial charge in [-0.1, -0.05) is 6.07 Å². The van der Waals surface area contributed by atoms with Crippen molar-refractivity contribution in [1.29, 1.82) is 0 Å². The lowest BCUT2D eigenvalue weighted by atomic mass is 10.0. The standard InChI is InChI=1S/C11H15F2NO2/c1-15-8-4-3-5-9(16-2)11(8)7(14)6-10(12)13/h3-5,7,10H,6,14H2,1-2H3/t7-/m0/s1. The highest BCUT2D eigenvalue weighted by molar-refractivity contribution is 5.46. The Labute approximate surface area is 93.2 Å². The van der Waals surface area contributed by atoms with E-state index in [-0.39, 0.29) is 0 Å². The Morgan fingerprint density at radius 3 is 2.06 bits per heavy atom. The number of hydrogen-bond donors (Lipinski definition) is 1. The number of alkyl halides is 2. The van der Waals surface area contributed by atoms with E-state index in [1.54, 1.807) is 18.2 Å². The van der Waals surface area contributed by atoms with E-state index in [0.717, 1.165) is 0 Å². The van der Waals surface area contributed by atoms with Gasteiger partial charge in [-0.2, -0.15) is 0 Å². The first-order valence-electron chi connectivity index (χ1n) is 4.84. The normalized spacial score (nSPS) is 12.6. The van der Waals surface area contributed by atoms with Gasteiger partial charge in [0.05, 0.1) is 19.8 Å². The Morgan fingerprint density at radius 1 is 1.19 bits per heavy atom. The molecule has 2 N–H and O–H groups in total. The minimum Gasteiger partial charge on any atom is -0.496 e. The first-order chi connectivity index (χ1) is 7.60. The maximum atomic E-state index is 12.3. The summed E-state index contributed by atoms with van der Waals surface area (Å²) in [5.74, 6) is 0.931. The number of methoxy groups -OCH3 is 2. The third-order valence-electron chi connectivity index (χ3n) is 2.27. The summed E-state index contributed by atoms with van der Waals surface area (Å²) in [6, 6.07) is 4.26. The molecule has 0 heterocycles. The Kier molecular flexibility index (Phi) is 4.49. The molecule has 0 aromatic heterocycles. The lowest BCUT2D eigenvalue weighted by molar-refractivity contribution is 0.127. The number of hydrogen-bond acceptors (Lipinski definition) is 3. The van der Waals surface area contributed by atoms with E-state index in [1.165, 1.54) is 14.2 Å². The Morgan fingerprint density at radius 2 is 1.69 bits per heavy atom. The van der Waals surface area contributed by atoms with Gasteiger partial charge in [-0.15, -0.1) is 0 Å². The molecule has 90 valence electrons. The van der Waals surface area contributed by atoms with Crippen LogP contribution in [0, 0.1) is 0 Å². The van der Waals surface area contributed by atoms with Crippen LogP contribution in [0.5, 0.6) is 11.5 Å². The van der Waals surface area contributed by atoms with Crippen molar-refractivity contribution >= 4 is 0 Å². The third-order valence-corrected chi connectivity index (χ3v) is 2.27. The molecule has 0 aliphatic carbocycles. The van der Waals surface area contributed by atoms with Crippen LogP contribution >= 0.6 is 0 Å². The van der Waals surface area contributed by atoms with Gasteiger partial charge in [0.2, 0.25) is 6.43 Å². The van der Waals surface area contributed by atoms with Gasteiger partial charge in [-0.25, -0.2) is 8.78 Å². The lowest BCUT2D eigenvalue weighted by Crippen LogP contribution is -2.16. The summed E-state index contributed by atoms with van der Waals surface area (Å²) in [6.07, 6.45) is -2.87. The molecule has 0 saturated heterocycles. The molecule has 0 amide bonds. The van der Waals surface area contributed by atoms with Crippen molar-refractivity contribution in [2.24, 2.45) is 5.73 Å². The van der Waals surface area contributed by atoms with Crippen molar-refractivity contribution < 1.29 is 18.3 Å². The first-order valence-corrected chi connectivity index (χ1v) is 4.84. The minimum atomic E-state index is -2.45. The van der Waals surface area contributed by atoms with Crippen molar-refractivity contribution in [3.8, 4) is 11.5 Å². The predicted molar refractivity (Wildman–Crippen MR) is 57.1 cm³/mol. The molecule has 0 saturated carbocycles. The molecular weight excluding hydrogens is 216 g/mol. The number of ether oxygens (including phenoxy) is 2. The summed E-state index contributed by atoms with van der Waals surface area (Å²) in [5, 5.41) is 0. The minimum absolute atomic E-state index is 0.420. The summed E-state index contributed by atoms with van der Waals surface area (Å²) in [5.41, 5.74) is 6.19. The molecule has 1 aromatic carbocycles. The molecule has 1 atom stereocenters. The summed E-state index contributed by atoms with van der Waals surface area (Å²) in [7, 11) is 2.93. The van der Waals surface area contributed by atoms with E-state index < -0.39 is 18.9 Å². The largest absolute Gasteiger partial charge is 0.496 e. The fraction of sp³-hybridized carbons (Fsp3) is 0.455. The maximum absolute atomic E-state index is 12.3. The molecular formula is C11H15F2NO2. The Hall–Kier alpha value is -1.36. The van der Waals surface area contributed by atoms with Gasteiger partial charge in [0.15, 0.2) is 0 Å². The molecule has 0 bridgehead atoms. The molecule has 0 aliphatic heterocycles. The molecule has 0 radical (unpaired) electrons. The van der Waals surface area contributed by atoms with Gasteiger partial charge in [0.25, 0.3) is 0 Å². The molecule has 3 nitrogen and oxygen atoms in total. The van der Waals surface area contributed by atoms with Crippen molar-refractivity contribution in [3.05, 3.63) is 23.8 Å². The van der Waals surface area contributed by atoms with Crippen LogP contribution in [0.25, 0.3) is 0 Å². The van der Waals surface area contributed by atoms with E-state index in [9.17, 15) is 8.78 Å². The van der Waals surface area contributed by atoms with E-state index in [4.69, 9.17) is 15.2 Å². The van der Waals surface area contributed by atoms with Crippen LogP contribution in [0.4, 0.5) is 8.78 Å². The van der Waals surface area contributed by atoms with Crippen LogP contribution in [0.2, 0.25) is 0 Å². The van der Waals surface area contributed by atoms with Crippen LogP contribution < -0.4 is 15.2 Å². The summed E-state index contributed by atoms with van der Waals surface area (Å²) < 4.78 is 34.7. The molecule has 0 unspecified atom stereocenters. The fourth-order valence-corrected chi connectivity index (χ4v) is 1.56. The summed E-state index contributed by atoms with van der Waals surface area (Å²) in [6.45, 7) is 0. The van der Waals surface area contributed by atoms with Gasteiger partial charge >= 0.3 is 0 Å². The van der Waals surface area contributed by atoms with E-state index >= 15 is 0 Å². The van der Waals surface area contributed by atoms with Gasteiger partial charge in [-0.3, -0.25) is 0 Å². The highest BCUT2D eigenvalue weighted by Gasteiger charge is 2.20. The Bertz CT molecular complexity index is 323. The fourth-order valence-electron chi connectivity index (χ4n) is 1.56. The van der Waals surface area contributed by atoms with Crippen LogP contribution in [-0.4, -0.2) is 20.6 Å². The SMILES string of the molecule is COc1cccc(OC)c1[C@@H](N)CC(F)F. The lowest BCUT2D eigenvalue weighted by Gasteiger charge is -2.18. The van der Waals surface area contributed by atoms with Crippen molar-refractivity contribution in [2.75, 3.05) is 14.2 Å². The van der Waals surface area contributed by atoms with E-state index in [1.807, 2.05) is 0 Å². The second-order valence-electron chi connectivity index (χ2n) is 3.31. The van der Waals surface area contributed by atoms with Crippen LogP contribution in [0.1, 0.15) is 18.0 Å². The van der Waals surface area contributed by atoms with Crippen LogP contribution in [-0.2, 0) is 0 Å². The highest BCUT2D eigenvalue weighted by Crippen LogP contribution is 2.35. The van der Waals surface area contributed by atoms with Crippen LogP contribution in [0.15, 0.2) is 18.2 Å². The Balaban J connectivity index is 3.07. The summed E-state index contributed by atoms with van der Waals surface area (Å²) in [4.78, 5) is 0. The zero-order chi connectivity index (χ0) is 12.1. The number of nitrogens with two attached hydrogens (primary N) is 1. The predicted octanol–water partition coefficient (Wildman–Crippen LogP) is 2.36.